The lowest BCUT2D eigenvalue weighted by Gasteiger charge is -2.17. The summed E-state index contributed by atoms with van der Waals surface area (Å²) < 4.78 is 31.1. The smallest absolute Gasteiger partial charge is 0.346 e. The highest BCUT2D eigenvalue weighted by Crippen LogP contribution is 2.26. The Balaban J connectivity index is 1.86. The number of para-hydroxylation sites is 1. The minimum atomic E-state index is -4.43. The third-order valence-electron chi connectivity index (χ3n) is 4.14. The summed E-state index contributed by atoms with van der Waals surface area (Å²) in [6.45, 7) is 3.11. The van der Waals surface area contributed by atoms with Gasteiger partial charge in [0.1, 0.15) is 13.2 Å². The van der Waals surface area contributed by atoms with Gasteiger partial charge < -0.3 is 4.74 Å². The van der Waals surface area contributed by atoms with Gasteiger partial charge in [-0.2, -0.15) is 0 Å². The fourth-order valence-corrected chi connectivity index (χ4v) is 4.21. The van der Waals surface area contributed by atoms with Gasteiger partial charge in [0.15, 0.2) is 0 Å². The predicted octanol–water partition coefficient (Wildman–Crippen LogP) is 2.12. The second-order valence-electron chi connectivity index (χ2n) is 6.16. The number of sulfonamides is 1. The molecule has 0 unspecified atom stereocenters. The summed E-state index contributed by atoms with van der Waals surface area (Å²) in [6.07, 6.45) is 1.26. The number of amides is 3. The number of benzene rings is 2. The van der Waals surface area contributed by atoms with Gasteiger partial charge in [-0.05, 0) is 29.8 Å². The minimum absolute atomic E-state index is 0.0446. The molecule has 0 N–H and O–H groups in total. The molecule has 150 valence electrons. The maximum Gasteiger partial charge on any atom is 0.346 e. The molecule has 29 heavy (non-hydrogen) atoms. The zero-order chi connectivity index (χ0) is 21.0. The lowest BCUT2D eigenvalue weighted by Crippen LogP contribution is -2.38. The normalized spacial score (nSPS) is 14.2. The number of hydrogen-bond acceptors (Lipinski definition) is 6. The van der Waals surface area contributed by atoms with Crippen LogP contribution in [-0.4, -0.2) is 43.8 Å². The van der Waals surface area contributed by atoms with Gasteiger partial charge in [-0.1, -0.05) is 43.0 Å². The molecule has 0 atom stereocenters. The zero-order valence-electron chi connectivity index (χ0n) is 15.4. The van der Waals surface area contributed by atoms with Crippen LogP contribution in [0.2, 0.25) is 0 Å². The van der Waals surface area contributed by atoms with E-state index in [1.54, 1.807) is 36.4 Å². The molecule has 0 radical (unpaired) electrons. The van der Waals surface area contributed by atoms with Gasteiger partial charge >= 0.3 is 12.0 Å². The van der Waals surface area contributed by atoms with E-state index in [2.05, 4.69) is 6.58 Å². The van der Waals surface area contributed by atoms with Crippen LogP contribution in [0.25, 0.3) is 0 Å². The first-order valence-electron chi connectivity index (χ1n) is 8.65. The minimum Gasteiger partial charge on any atom is -0.461 e. The van der Waals surface area contributed by atoms with Crippen molar-refractivity contribution in [2.24, 2.45) is 0 Å². The van der Waals surface area contributed by atoms with Crippen LogP contribution in [0.3, 0.4) is 0 Å². The number of nitrogens with zero attached hydrogens (tertiary/aromatic N) is 2. The molecule has 1 aliphatic heterocycles. The Hall–Kier alpha value is -3.46. The average molecular weight is 414 g/mol. The molecule has 1 saturated heterocycles. The maximum absolute atomic E-state index is 13.0. The van der Waals surface area contributed by atoms with Gasteiger partial charge in [0.2, 0.25) is 0 Å². The maximum atomic E-state index is 13.0. The summed E-state index contributed by atoms with van der Waals surface area (Å²) in [5.41, 5.74) is 0.793. The molecule has 2 aromatic carbocycles. The van der Waals surface area contributed by atoms with Crippen LogP contribution in [0.4, 0.5) is 10.5 Å². The Morgan fingerprint density at radius 1 is 1.10 bits per heavy atom. The highest BCUT2D eigenvalue weighted by atomic mass is 32.2. The second kappa shape index (κ2) is 8.27. The third kappa shape index (κ3) is 4.19. The van der Waals surface area contributed by atoms with Gasteiger partial charge in [0, 0.05) is 5.69 Å². The fraction of sp³-hybridized carbons (Fsp3) is 0.150. The molecule has 0 saturated carbocycles. The van der Waals surface area contributed by atoms with E-state index in [1.165, 1.54) is 24.3 Å². The highest BCUT2D eigenvalue weighted by Gasteiger charge is 2.45. The monoisotopic (exact) mass is 414 g/mol. The number of carbonyl (C=O) groups is 3. The topological polar surface area (TPSA) is 101 Å². The van der Waals surface area contributed by atoms with E-state index in [4.69, 9.17) is 4.74 Å². The van der Waals surface area contributed by atoms with Crippen molar-refractivity contribution in [3.05, 3.63) is 72.8 Å². The SMILES string of the molecule is C=CCOC(=O)Cc1cccc(S(=O)(=O)N2C(=O)CN(c3ccccc3)C2=O)c1. The highest BCUT2D eigenvalue weighted by molar-refractivity contribution is 7.90. The fourth-order valence-electron chi connectivity index (χ4n) is 2.82. The Bertz CT molecular complexity index is 1070. The molecule has 0 bridgehead atoms. The van der Waals surface area contributed by atoms with E-state index in [-0.39, 0.29) is 28.8 Å². The van der Waals surface area contributed by atoms with Crippen molar-refractivity contribution in [3.63, 3.8) is 0 Å². The lowest BCUT2D eigenvalue weighted by atomic mass is 10.1. The van der Waals surface area contributed by atoms with Gasteiger partial charge in [-0.3, -0.25) is 14.5 Å². The third-order valence-corrected chi connectivity index (χ3v) is 5.83. The van der Waals surface area contributed by atoms with Crippen molar-refractivity contribution in [2.45, 2.75) is 11.3 Å². The van der Waals surface area contributed by atoms with E-state index >= 15 is 0 Å². The molecule has 1 aliphatic rings. The quantitative estimate of drug-likeness (QED) is 0.391. The van der Waals surface area contributed by atoms with Crippen LogP contribution in [0.1, 0.15) is 5.56 Å². The summed E-state index contributed by atoms with van der Waals surface area (Å²) in [5.74, 6) is -1.40. The number of urea groups is 1. The number of carbonyl (C=O) groups excluding carboxylic acids is 3. The van der Waals surface area contributed by atoms with E-state index in [1.807, 2.05) is 0 Å². The van der Waals surface area contributed by atoms with Crippen LogP contribution in [0, 0.1) is 0 Å². The Kier molecular flexibility index (Phi) is 5.79. The van der Waals surface area contributed by atoms with Crippen LogP contribution in [0.15, 0.2) is 72.1 Å². The molecule has 1 heterocycles. The molecule has 2 aromatic rings. The van der Waals surface area contributed by atoms with Crippen LogP contribution < -0.4 is 4.90 Å². The van der Waals surface area contributed by atoms with Crippen molar-refractivity contribution in [2.75, 3.05) is 18.1 Å². The van der Waals surface area contributed by atoms with E-state index in [0.717, 1.165) is 4.90 Å². The van der Waals surface area contributed by atoms with Crippen molar-refractivity contribution in [1.82, 2.24) is 4.31 Å². The lowest BCUT2D eigenvalue weighted by molar-refractivity contribution is -0.141. The van der Waals surface area contributed by atoms with Crippen LogP contribution in [-0.2, 0) is 30.8 Å². The van der Waals surface area contributed by atoms with Crippen molar-refractivity contribution in [1.29, 1.82) is 0 Å². The van der Waals surface area contributed by atoms with Gasteiger partial charge in [0.05, 0.1) is 11.3 Å². The number of imide groups is 1. The van der Waals surface area contributed by atoms with Crippen LogP contribution in [0.5, 0.6) is 0 Å². The van der Waals surface area contributed by atoms with E-state index < -0.39 is 27.9 Å². The van der Waals surface area contributed by atoms with Crippen molar-refractivity contribution < 1.29 is 27.5 Å². The Morgan fingerprint density at radius 3 is 2.52 bits per heavy atom. The molecular formula is C20H18N2O6S. The molecule has 0 aromatic heterocycles. The summed E-state index contributed by atoms with van der Waals surface area (Å²) in [5, 5.41) is 0. The summed E-state index contributed by atoms with van der Waals surface area (Å²) in [7, 11) is -4.43. The summed E-state index contributed by atoms with van der Waals surface area (Å²) in [6, 6.07) is 12.9. The van der Waals surface area contributed by atoms with Gasteiger partial charge in [0.25, 0.3) is 15.9 Å². The van der Waals surface area contributed by atoms with Crippen molar-refractivity contribution in [3.8, 4) is 0 Å². The molecule has 1 fully saturated rings. The first kappa shape index (κ1) is 20.3. The molecule has 9 heteroatoms. The summed E-state index contributed by atoms with van der Waals surface area (Å²) >= 11 is 0. The Morgan fingerprint density at radius 2 is 1.83 bits per heavy atom. The van der Waals surface area contributed by atoms with E-state index in [9.17, 15) is 22.8 Å². The molecule has 0 spiro atoms. The second-order valence-corrected chi connectivity index (χ2v) is 7.95. The van der Waals surface area contributed by atoms with Gasteiger partial charge in [-0.25, -0.2) is 13.2 Å². The molecule has 3 rings (SSSR count). The predicted molar refractivity (Wildman–Crippen MR) is 105 cm³/mol. The van der Waals surface area contributed by atoms with Gasteiger partial charge in [-0.15, -0.1) is 4.31 Å². The molecule has 8 nitrogen and oxygen atoms in total. The summed E-state index contributed by atoms with van der Waals surface area (Å²) in [4.78, 5) is 37.6. The number of rotatable bonds is 7. The Labute approximate surface area is 168 Å². The molecule has 0 aliphatic carbocycles. The van der Waals surface area contributed by atoms with Crippen molar-refractivity contribution >= 4 is 33.6 Å². The van der Waals surface area contributed by atoms with Crippen LogP contribution >= 0.6 is 0 Å². The molecular weight excluding hydrogens is 396 g/mol. The zero-order valence-corrected chi connectivity index (χ0v) is 16.2. The standard InChI is InChI=1S/C20H18N2O6S/c1-2-11-28-19(24)13-15-7-6-10-17(12-15)29(26,27)22-18(23)14-21(20(22)25)16-8-4-3-5-9-16/h2-10,12H,1,11,13-14H2. The number of esters is 1. The number of anilines is 1. The number of ether oxygens (including phenoxy) is 1. The number of hydrogen-bond donors (Lipinski definition) is 0. The molecule has 3 amide bonds. The van der Waals surface area contributed by atoms with E-state index in [0.29, 0.717) is 11.3 Å². The first-order valence-corrected chi connectivity index (χ1v) is 10.1. The largest absolute Gasteiger partial charge is 0.461 e. The first-order chi connectivity index (χ1) is 13.8. The average Bonchev–Trinajstić information content (AvgIpc) is 3.02.